The molecule has 1 aromatic carbocycles. The van der Waals surface area contributed by atoms with E-state index in [0.717, 1.165) is 16.0 Å². The highest BCUT2D eigenvalue weighted by atomic mass is 32.2. The second-order valence-corrected chi connectivity index (χ2v) is 10.9. The summed E-state index contributed by atoms with van der Waals surface area (Å²) in [7, 11) is -4.10. The molecule has 0 saturated carbocycles. The quantitative estimate of drug-likeness (QED) is 0.438. The van der Waals surface area contributed by atoms with Crippen molar-refractivity contribution in [2.24, 2.45) is 4.99 Å². The molecule has 36 heavy (non-hydrogen) atoms. The molecule has 12 nitrogen and oxygen atoms in total. The number of ether oxygens (including phenoxy) is 2. The minimum Gasteiger partial charge on any atom is -0.465 e. The number of thiazole rings is 1. The number of nitrogens with zero attached hydrogens (tertiary/aromatic N) is 4. The number of piperazine rings is 1. The molecule has 3 rings (SSSR count). The van der Waals surface area contributed by atoms with Crippen molar-refractivity contribution in [3.8, 4) is 0 Å². The normalized spacial score (nSPS) is 14.7. The van der Waals surface area contributed by atoms with Gasteiger partial charge in [-0.3, -0.25) is 14.4 Å². The lowest BCUT2D eigenvalue weighted by Gasteiger charge is -2.34. The summed E-state index contributed by atoms with van der Waals surface area (Å²) in [5.74, 6) is -3.90. The zero-order valence-corrected chi connectivity index (χ0v) is 21.7. The SMILES string of the molecule is CCOC(=O)Cn1c(=NC(=O)CS(=O)(=O)CC(=O)N2CCN(C(=O)OCC)CC2)sc2ccccc21. The number of esters is 1. The molecule has 1 aliphatic rings. The first-order valence-corrected chi connectivity index (χ1v) is 14.0. The van der Waals surface area contributed by atoms with E-state index in [1.807, 2.05) is 0 Å². The molecular formula is C22H28N4O8S2. The molecule has 196 valence electrons. The van der Waals surface area contributed by atoms with Gasteiger partial charge in [0, 0.05) is 26.2 Å². The first-order valence-electron chi connectivity index (χ1n) is 11.3. The van der Waals surface area contributed by atoms with Gasteiger partial charge < -0.3 is 23.8 Å². The maximum Gasteiger partial charge on any atom is 0.409 e. The van der Waals surface area contributed by atoms with Crippen LogP contribution >= 0.6 is 11.3 Å². The van der Waals surface area contributed by atoms with Crippen LogP contribution in [0.5, 0.6) is 0 Å². The van der Waals surface area contributed by atoms with Crippen molar-refractivity contribution in [1.29, 1.82) is 0 Å². The Balaban J connectivity index is 1.68. The smallest absolute Gasteiger partial charge is 0.409 e. The third-order valence-corrected chi connectivity index (χ3v) is 7.68. The zero-order valence-electron chi connectivity index (χ0n) is 20.0. The van der Waals surface area contributed by atoms with Gasteiger partial charge in [-0.25, -0.2) is 13.2 Å². The third kappa shape index (κ3) is 7.13. The highest BCUT2D eigenvalue weighted by Crippen LogP contribution is 2.17. The van der Waals surface area contributed by atoms with Crippen LogP contribution < -0.4 is 4.80 Å². The Morgan fingerprint density at radius 2 is 1.58 bits per heavy atom. The molecule has 2 aromatic rings. The van der Waals surface area contributed by atoms with Crippen LogP contribution in [0.25, 0.3) is 10.2 Å². The van der Waals surface area contributed by atoms with Crippen LogP contribution in [0, 0.1) is 0 Å². The topological polar surface area (TPSA) is 145 Å². The molecule has 1 saturated heterocycles. The van der Waals surface area contributed by atoms with Crippen LogP contribution in [0.2, 0.25) is 0 Å². The molecule has 0 spiro atoms. The summed E-state index contributed by atoms with van der Waals surface area (Å²) >= 11 is 1.14. The van der Waals surface area contributed by atoms with Gasteiger partial charge in [0.15, 0.2) is 14.6 Å². The fourth-order valence-corrected chi connectivity index (χ4v) is 5.75. The molecule has 0 radical (unpaired) electrons. The van der Waals surface area contributed by atoms with Crippen LogP contribution in [-0.2, 0) is 40.2 Å². The highest BCUT2D eigenvalue weighted by Gasteiger charge is 2.28. The predicted octanol–water partition coefficient (Wildman–Crippen LogP) is 0.409. The third-order valence-electron chi connectivity index (χ3n) is 5.25. The van der Waals surface area contributed by atoms with Crippen LogP contribution in [0.4, 0.5) is 4.79 Å². The molecular weight excluding hydrogens is 512 g/mol. The van der Waals surface area contributed by atoms with Gasteiger partial charge in [-0.15, -0.1) is 0 Å². The summed E-state index contributed by atoms with van der Waals surface area (Å²) in [4.78, 5) is 55.8. The van der Waals surface area contributed by atoms with E-state index < -0.39 is 45.2 Å². The monoisotopic (exact) mass is 540 g/mol. The lowest BCUT2D eigenvalue weighted by Crippen LogP contribution is -2.52. The standard InChI is InChI=1S/C22H28N4O8S2/c1-3-33-20(29)13-26-16-7-5-6-8-17(16)35-21(26)23-18(27)14-36(31,32)15-19(28)24-9-11-25(12-10-24)22(30)34-4-2/h5-8H,3-4,9-15H2,1-2H3. The number of aromatic nitrogens is 1. The summed E-state index contributed by atoms with van der Waals surface area (Å²) in [6.07, 6.45) is -0.481. The molecule has 1 aromatic heterocycles. The summed E-state index contributed by atoms with van der Waals surface area (Å²) in [6, 6.07) is 7.11. The molecule has 2 heterocycles. The summed E-state index contributed by atoms with van der Waals surface area (Å²) in [5, 5.41) is 0. The van der Waals surface area contributed by atoms with Gasteiger partial charge in [-0.05, 0) is 26.0 Å². The number of fused-ring (bicyclic) bond motifs is 1. The highest BCUT2D eigenvalue weighted by molar-refractivity contribution is 7.92. The number of carbonyl (C=O) groups excluding carboxylic acids is 4. The average Bonchev–Trinajstić information content (AvgIpc) is 3.15. The Hall–Kier alpha value is -3.26. The van der Waals surface area contributed by atoms with Gasteiger partial charge in [0.2, 0.25) is 5.91 Å². The molecule has 0 bridgehead atoms. The maximum atomic E-state index is 12.6. The van der Waals surface area contributed by atoms with Crippen molar-refractivity contribution in [3.05, 3.63) is 29.1 Å². The van der Waals surface area contributed by atoms with Gasteiger partial charge in [0.25, 0.3) is 5.91 Å². The minimum atomic E-state index is -4.10. The molecule has 1 fully saturated rings. The molecule has 0 aliphatic carbocycles. The summed E-state index contributed by atoms with van der Waals surface area (Å²) in [5.41, 5.74) is 0.655. The number of benzene rings is 1. The van der Waals surface area contributed by atoms with Crippen LogP contribution in [-0.4, -0.2) is 97.6 Å². The molecule has 3 amide bonds. The van der Waals surface area contributed by atoms with Crippen molar-refractivity contribution < 1.29 is 37.1 Å². The largest absolute Gasteiger partial charge is 0.465 e. The Bertz CT molecular complexity index is 1310. The molecule has 0 atom stereocenters. The second-order valence-electron chi connectivity index (χ2n) is 7.85. The van der Waals surface area contributed by atoms with Crippen LogP contribution in [0.3, 0.4) is 0 Å². The Morgan fingerprint density at radius 1 is 0.944 bits per heavy atom. The van der Waals surface area contributed by atoms with Gasteiger partial charge in [-0.2, -0.15) is 4.99 Å². The lowest BCUT2D eigenvalue weighted by atomic mass is 10.3. The Kier molecular flexibility index (Phi) is 9.20. The average molecular weight is 541 g/mol. The first kappa shape index (κ1) is 27.3. The van der Waals surface area contributed by atoms with E-state index in [1.54, 1.807) is 38.1 Å². The van der Waals surface area contributed by atoms with Gasteiger partial charge in [0.1, 0.15) is 18.1 Å². The fourth-order valence-electron chi connectivity index (χ4n) is 3.61. The van der Waals surface area contributed by atoms with Crippen LogP contribution in [0.1, 0.15) is 13.8 Å². The van der Waals surface area contributed by atoms with Gasteiger partial charge >= 0.3 is 12.1 Å². The fraction of sp³-hybridized carbons (Fsp3) is 0.500. The Labute approximate surface area is 212 Å². The van der Waals surface area contributed by atoms with E-state index in [2.05, 4.69) is 4.99 Å². The van der Waals surface area contributed by atoms with Gasteiger partial charge in [0.05, 0.1) is 23.4 Å². The lowest BCUT2D eigenvalue weighted by molar-refractivity contribution is -0.143. The van der Waals surface area contributed by atoms with E-state index in [-0.39, 0.29) is 50.7 Å². The number of carbonyl (C=O) groups is 4. The van der Waals surface area contributed by atoms with E-state index in [9.17, 15) is 27.6 Å². The second kappa shape index (κ2) is 12.1. The predicted molar refractivity (Wildman–Crippen MR) is 131 cm³/mol. The van der Waals surface area contributed by atoms with Gasteiger partial charge in [-0.1, -0.05) is 23.5 Å². The molecule has 14 heteroatoms. The van der Waals surface area contributed by atoms with Crippen molar-refractivity contribution in [2.45, 2.75) is 20.4 Å². The number of sulfone groups is 1. The first-order chi connectivity index (χ1) is 17.1. The van der Waals surface area contributed by atoms with E-state index in [1.165, 1.54) is 14.4 Å². The number of amides is 3. The molecule has 0 unspecified atom stereocenters. The summed E-state index contributed by atoms with van der Waals surface area (Å²) < 4.78 is 37.3. The van der Waals surface area contributed by atoms with Crippen molar-refractivity contribution >= 4 is 55.3 Å². The zero-order chi connectivity index (χ0) is 26.3. The van der Waals surface area contributed by atoms with E-state index >= 15 is 0 Å². The number of hydrogen-bond acceptors (Lipinski definition) is 9. The molecule has 0 N–H and O–H groups in total. The van der Waals surface area contributed by atoms with Crippen molar-refractivity contribution in [2.75, 3.05) is 50.9 Å². The summed E-state index contributed by atoms with van der Waals surface area (Å²) in [6.45, 7) is 4.40. The molecule has 1 aliphatic heterocycles. The van der Waals surface area contributed by atoms with Crippen LogP contribution in [0.15, 0.2) is 29.3 Å². The Morgan fingerprint density at radius 3 is 2.25 bits per heavy atom. The number of para-hydroxylation sites is 1. The number of hydrogen-bond donors (Lipinski definition) is 0. The van der Waals surface area contributed by atoms with Crippen molar-refractivity contribution in [3.63, 3.8) is 0 Å². The minimum absolute atomic E-state index is 0.158. The van der Waals surface area contributed by atoms with E-state index in [0.29, 0.717) is 5.52 Å². The van der Waals surface area contributed by atoms with E-state index in [4.69, 9.17) is 9.47 Å². The number of rotatable bonds is 8. The maximum absolute atomic E-state index is 12.6. The van der Waals surface area contributed by atoms with Crippen molar-refractivity contribution in [1.82, 2.24) is 14.4 Å².